The maximum absolute atomic E-state index is 12.7. The van der Waals surface area contributed by atoms with Crippen molar-refractivity contribution < 1.29 is 9.90 Å². The summed E-state index contributed by atoms with van der Waals surface area (Å²) in [6.45, 7) is 8.24. The number of hydrogen-bond donors (Lipinski definition) is 2. The van der Waals surface area contributed by atoms with Gasteiger partial charge < -0.3 is 15.3 Å². The molecule has 0 aromatic rings. The first-order valence-electron chi connectivity index (χ1n) is 7.12. The van der Waals surface area contributed by atoms with E-state index in [1.54, 1.807) is 0 Å². The molecule has 4 heteroatoms. The molecule has 3 atom stereocenters. The van der Waals surface area contributed by atoms with E-state index < -0.39 is 0 Å². The Morgan fingerprint density at radius 3 is 2.83 bits per heavy atom. The molecule has 2 fully saturated rings. The third-order valence-electron chi connectivity index (χ3n) is 4.73. The first-order valence-corrected chi connectivity index (χ1v) is 7.12. The minimum atomic E-state index is -0.0920. The van der Waals surface area contributed by atoms with Crippen molar-refractivity contribution in [3.63, 3.8) is 0 Å². The fourth-order valence-electron chi connectivity index (χ4n) is 3.36. The first-order chi connectivity index (χ1) is 8.47. The van der Waals surface area contributed by atoms with Crippen molar-refractivity contribution in [3.8, 4) is 0 Å². The van der Waals surface area contributed by atoms with Crippen LogP contribution in [0.1, 0.15) is 40.0 Å². The minimum Gasteiger partial charge on any atom is -0.394 e. The number of aliphatic hydroxyl groups is 1. The van der Waals surface area contributed by atoms with Crippen LogP contribution in [0.25, 0.3) is 0 Å². The molecule has 0 spiro atoms. The summed E-state index contributed by atoms with van der Waals surface area (Å²) in [4.78, 5) is 14.6. The van der Waals surface area contributed by atoms with Crippen molar-refractivity contribution in [1.29, 1.82) is 0 Å². The van der Waals surface area contributed by atoms with E-state index in [-0.39, 0.29) is 30.0 Å². The van der Waals surface area contributed by atoms with Crippen molar-refractivity contribution in [1.82, 2.24) is 10.2 Å². The van der Waals surface area contributed by atoms with Gasteiger partial charge in [-0.3, -0.25) is 4.79 Å². The molecule has 3 unspecified atom stereocenters. The lowest BCUT2D eigenvalue weighted by Gasteiger charge is -2.41. The summed E-state index contributed by atoms with van der Waals surface area (Å²) in [6, 6.07) is -0.0809. The highest BCUT2D eigenvalue weighted by Gasteiger charge is 2.43. The van der Waals surface area contributed by atoms with E-state index in [0.29, 0.717) is 5.92 Å². The summed E-state index contributed by atoms with van der Waals surface area (Å²) in [6.07, 6.45) is 3.23. The number of nitrogens with zero attached hydrogens (tertiary/aromatic N) is 1. The average Bonchev–Trinajstić information content (AvgIpc) is 2.69. The summed E-state index contributed by atoms with van der Waals surface area (Å²) in [5, 5.41) is 12.8. The monoisotopic (exact) mass is 254 g/mol. The maximum atomic E-state index is 12.7. The van der Waals surface area contributed by atoms with Crippen LogP contribution < -0.4 is 5.32 Å². The van der Waals surface area contributed by atoms with Crippen molar-refractivity contribution in [2.45, 2.75) is 52.1 Å². The topological polar surface area (TPSA) is 52.6 Å². The van der Waals surface area contributed by atoms with E-state index in [4.69, 9.17) is 0 Å². The fourth-order valence-corrected chi connectivity index (χ4v) is 3.36. The number of carbonyl (C=O) groups excluding carboxylic acids is 1. The van der Waals surface area contributed by atoms with Gasteiger partial charge in [-0.2, -0.15) is 0 Å². The molecule has 2 N–H and O–H groups in total. The molecule has 18 heavy (non-hydrogen) atoms. The lowest BCUT2D eigenvalue weighted by Crippen LogP contribution is -2.58. The second-order valence-corrected chi connectivity index (χ2v) is 6.53. The molecule has 1 amide bonds. The molecule has 2 heterocycles. The highest BCUT2D eigenvalue weighted by Crippen LogP contribution is 2.33. The van der Waals surface area contributed by atoms with E-state index in [1.165, 1.54) is 0 Å². The van der Waals surface area contributed by atoms with E-state index in [1.807, 2.05) is 4.90 Å². The summed E-state index contributed by atoms with van der Waals surface area (Å²) in [7, 11) is 0. The van der Waals surface area contributed by atoms with Crippen LogP contribution in [0.3, 0.4) is 0 Å². The second-order valence-electron chi connectivity index (χ2n) is 6.53. The second kappa shape index (κ2) is 5.17. The number of piperidine rings is 1. The number of hydrogen-bond acceptors (Lipinski definition) is 3. The van der Waals surface area contributed by atoms with Gasteiger partial charge in [-0.1, -0.05) is 20.8 Å². The molecule has 0 aromatic heterocycles. The van der Waals surface area contributed by atoms with Crippen LogP contribution in [-0.4, -0.2) is 47.7 Å². The normalized spacial score (nSPS) is 35.8. The largest absolute Gasteiger partial charge is 0.394 e. The smallest absolute Gasteiger partial charge is 0.240 e. The van der Waals surface area contributed by atoms with Crippen LogP contribution >= 0.6 is 0 Å². The number of nitrogens with one attached hydrogen (secondary N) is 1. The summed E-state index contributed by atoms with van der Waals surface area (Å²) in [5.74, 6) is 0.591. The Hall–Kier alpha value is -0.610. The first kappa shape index (κ1) is 13.8. The van der Waals surface area contributed by atoms with Crippen LogP contribution in [0.15, 0.2) is 0 Å². The number of carbonyl (C=O) groups is 1. The predicted octanol–water partition coefficient (Wildman–Crippen LogP) is 0.994. The van der Waals surface area contributed by atoms with Gasteiger partial charge in [-0.25, -0.2) is 0 Å². The molecule has 0 radical (unpaired) electrons. The maximum Gasteiger partial charge on any atom is 0.240 e. The number of rotatable bonds is 2. The van der Waals surface area contributed by atoms with E-state index in [0.717, 1.165) is 32.4 Å². The fraction of sp³-hybridized carbons (Fsp3) is 0.929. The van der Waals surface area contributed by atoms with Crippen LogP contribution in [0.5, 0.6) is 0 Å². The zero-order valence-corrected chi connectivity index (χ0v) is 11.8. The van der Waals surface area contributed by atoms with Gasteiger partial charge in [0.25, 0.3) is 0 Å². The lowest BCUT2D eigenvalue weighted by atomic mass is 9.77. The lowest BCUT2D eigenvalue weighted by molar-refractivity contribution is -0.139. The Balaban J connectivity index is 2.11. The molecule has 2 rings (SSSR count). The van der Waals surface area contributed by atoms with Gasteiger partial charge >= 0.3 is 0 Å². The molecule has 0 aliphatic carbocycles. The highest BCUT2D eigenvalue weighted by atomic mass is 16.3. The molecule has 2 saturated heterocycles. The third kappa shape index (κ3) is 2.41. The van der Waals surface area contributed by atoms with Crippen molar-refractivity contribution in [2.24, 2.45) is 11.3 Å². The van der Waals surface area contributed by atoms with Crippen molar-refractivity contribution >= 4 is 5.91 Å². The van der Waals surface area contributed by atoms with Crippen molar-refractivity contribution in [2.75, 3.05) is 19.7 Å². The van der Waals surface area contributed by atoms with Crippen LogP contribution in [0, 0.1) is 11.3 Å². The van der Waals surface area contributed by atoms with E-state index >= 15 is 0 Å². The average molecular weight is 254 g/mol. The molecule has 0 aromatic carbocycles. The Kier molecular flexibility index (Phi) is 3.97. The van der Waals surface area contributed by atoms with Crippen LogP contribution in [0.4, 0.5) is 0 Å². The zero-order valence-electron chi connectivity index (χ0n) is 11.8. The minimum absolute atomic E-state index is 0.0111. The standard InChI is InChI=1S/C14H26N2O2/c1-10-5-8-16(11(10)9-17)13(18)12-14(2,3)6-4-7-15-12/h10-12,15,17H,4-9H2,1-3H3. The molecule has 0 saturated carbocycles. The number of likely N-dealkylation sites (tertiary alicyclic amines) is 1. The molecule has 2 aliphatic heterocycles. The summed E-state index contributed by atoms with van der Waals surface area (Å²) >= 11 is 0. The van der Waals surface area contributed by atoms with Gasteiger partial charge in [0.1, 0.15) is 0 Å². The molecular formula is C14H26N2O2. The van der Waals surface area contributed by atoms with Gasteiger partial charge in [0.05, 0.1) is 18.7 Å². The quantitative estimate of drug-likeness (QED) is 0.773. The molecule has 0 bridgehead atoms. The van der Waals surface area contributed by atoms with Crippen molar-refractivity contribution in [3.05, 3.63) is 0 Å². The van der Waals surface area contributed by atoms with Gasteiger partial charge in [0.2, 0.25) is 5.91 Å². The SMILES string of the molecule is CC1CCN(C(=O)C2NCCCC2(C)C)C1CO. The molecule has 4 nitrogen and oxygen atoms in total. The summed E-state index contributed by atoms with van der Waals surface area (Å²) < 4.78 is 0. The molecule has 104 valence electrons. The zero-order chi connectivity index (χ0) is 13.3. The summed E-state index contributed by atoms with van der Waals surface area (Å²) in [5.41, 5.74) is 0.0150. The van der Waals surface area contributed by atoms with Crippen LogP contribution in [-0.2, 0) is 4.79 Å². The van der Waals surface area contributed by atoms with Crippen LogP contribution in [0.2, 0.25) is 0 Å². The molecule has 2 aliphatic rings. The predicted molar refractivity (Wildman–Crippen MR) is 71.2 cm³/mol. The van der Waals surface area contributed by atoms with Gasteiger partial charge in [0.15, 0.2) is 0 Å². The number of aliphatic hydroxyl groups excluding tert-OH is 1. The Morgan fingerprint density at radius 2 is 2.22 bits per heavy atom. The Bertz CT molecular complexity index is 317. The highest BCUT2D eigenvalue weighted by molar-refractivity contribution is 5.83. The molecular weight excluding hydrogens is 228 g/mol. The Morgan fingerprint density at radius 1 is 1.50 bits per heavy atom. The van der Waals surface area contributed by atoms with E-state index in [9.17, 15) is 9.90 Å². The van der Waals surface area contributed by atoms with Gasteiger partial charge in [-0.15, -0.1) is 0 Å². The van der Waals surface area contributed by atoms with E-state index in [2.05, 4.69) is 26.1 Å². The van der Waals surface area contributed by atoms with Gasteiger partial charge in [-0.05, 0) is 37.1 Å². The number of amides is 1. The van der Waals surface area contributed by atoms with Gasteiger partial charge in [0, 0.05) is 6.54 Å². The third-order valence-corrected chi connectivity index (χ3v) is 4.73. The Labute approximate surface area is 110 Å².